The van der Waals surface area contributed by atoms with Crippen molar-refractivity contribution < 1.29 is 46.2 Å². The number of alkyl halides is 3. The Morgan fingerprint density at radius 1 is 0.912 bits per heavy atom. The number of carbonyl (C=O) groups is 4. The van der Waals surface area contributed by atoms with Gasteiger partial charge in [0.1, 0.15) is 5.82 Å². The van der Waals surface area contributed by atoms with Gasteiger partial charge in [0.25, 0.3) is 0 Å². The summed E-state index contributed by atoms with van der Waals surface area (Å²) in [6, 6.07) is 2.79. The highest BCUT2D eigenvalue weighted by Gasteiger charge is 2.40. The van der Waals surface area contributed by atoms with Crippen molar-refractivity contribution in [3.8, 4) is 11.3 Å². The SMILES string of the molecule is COC(=O)CCC(=O)N(C(=O)CCC(=O)OC)c1ccc(-c2cncc(F)c2)nc1C(F)(F)F. The number of pyridine rings is 2. The summed E-state index contributed by atoms with van der Waals surface area (Å²) in [5, 5.41) is 0. The molecule has 2 rings (SSSR count). The fourth-order valence-electron chi connectivity index (χ4n) is 2.81. The minimum absolute atomic E-state index is 0.0716. The predicted molar refractivity (Wildman–Crippen MR) is 107 cm³/mol. The zero-order valence-corrected chi connectivity index (χ0v) is 18.0. The molecule has 2 aromatic rings. The second-order valence-corrected chi connectivity index (χ2v) is 6.73. The Morgan fingerprint density at radius 2 is 1.47 bits per heavy atom. The van der Waals surface area contributed by atoms with Crippen LogP contribution in [0.2, 0.25) is 0 Å². The van der Waals surface area contributed by atoms with Crippen LogP contribution in [0, 0.1) is 5.82 Å². The quantitative estimate of drug-likeness (QED) is 0.414. The zero-order chi connectivity index (χ0) is 25.5. The largest absolute Gasteiger partial charge is 0.469 e. The lowest BCUT2D eigenvalue weighted by Gasteiger charge is -2.24. The van der Waals surface area contributed by atoms with Crippen molar-refractivity contribution in [2.45, 2.75) is 31.9 Å². The van der Waals surface area contributed by atoms with Gasteiger partial charge in [0.2, 0.25) is 11.8 Å². The maximum Gasteiger partial charge on any atom is 0.435 e. The molecule has 0 radical (unpaired) electrons. The molecule has 2 aromatic heterocycles. The molecule has 0 saturated heterocycles. The fraction of sp³-hybridized carbons (Fsp3) is 0.333. The molecule has 0 spiro atoms. The van der Waals surface area contributed by atoms with Crippen LogP contribution in [-0.2, 0) is 34.8 Å². The smallest absolute Gasteiger partial charge is 0.435 e. The third-order valence-corrected chi connectivity index (χ3v) is 4.42. The van der Waals surface area contributed by atoms with E-state index in [-0.39, 0.29) is 16.2 Å². The number of amides is 2. The molecule has 9 nitrogen and oxygen atoms in total. The Labute approximate surface area is 190 Å². The van der Waals surface area contributed by atoms with Crippen molar-refractivity contribution in [3.63, 3.8) is 0 Å². The van der Waals surface area contributed by atoms with Gasteiger partial charge in [-0.25, -0.2) is 14.3 Å². The number of rotatable bonds is 8. The molecule has 13 heteroatoms. The van der Waals surface area contributed by atoms with E-state index in [9.17, 15) is 36.7 Å². The minimum atomic E-state index is -5.13. The monoisotopic (exact) mass is 485 g/mol. The highest BCUT2D eigenvalue weighted by molar-refractivity contribution is 6.16. The van der Waals surface area contributed by atoms with Gasteiger partial charge in [-0.15, -0.1) is 0 Å². The average Bonchev–Trinajstić information content (AvgIpc) is 2.80. The zero-order valence-electron chi connectivity index (χ0n) is 18.0. The van der Waals surface area contributed by atoms with E-state index in [1.165, 1.54) is 0 Å². The highest BCUT2D eigenvalue weighted by atomic mass is 19.4. The van der Waals surface area contributed by atoms with Crippen LogP contribution in [0.3, 0.4) is 0 Å². The molecule has 0 fully saturated rings. The van der Waals surface area contributed by atoms with Crippen LogP contribution in [0.1, 0.15) is 31.4 Å². The molecule has 2 amide bonds. The van der Waals surface area contributed by atoms with Gasteiger partial charge >= 0.3 is 18.1 Å². The Balaban J connectivity index is 2.55. The van der Waals surface area contributed by atoms with Crippen molar-refractivity contribution in [2.24, 2.45) is 0 Å². The molecule has 0 bridgehead atoms. The number of nitrogens with zero attached hydrogens (tertiary/aromatic N) is 3. The van der Waals surface area contributed by atoms with Crippen molar-refractivity contribution in [2.75, 3.05) is 19.1 Å². The van der Waals surface area contributed by atoms with E-state index >= 15 is 0 Å². The van der Waals surface area contributed by atoms with Crippen LogP contribution in [0.25, 0.3) is 11.3 Å². The Morgan fingerprint density at radius 3 is 1.94 bits per heavy atom. The first-order valence-electron chi connectivity index (χ1n) is 9.66. The summed E-state index contributed by atoms with van der Waals surface area (Å²) in [5.74, 6) is -4.74. The Kier molecular flexibility index (Phi) is 8.76. The van der Waals surface area contributed by atoms with Gasteiger partial charge < -0.3 is 9.47 Å². The molecular formula is C21H19F4N3O6. The molecule has 0 aliphatic rings. The lowest BCUT2D eigenvalue weighted by Crippen LogP contribution is -2.39. The molecule has 0 N–H and O–H groups in total. The van der Waals surface area contributed by atoms with E-state index in [0.29, 0.717) is 0 Å². The van der Waals surface area contributed by atoms with Crippen molar-refractivity contribution >= 4 is 29.4 Å². The number of aromatic nitrogens is 2. The number of esters is 2. The third-order valence-electron chi connectivity index (χ3n) is 4.42. The van der Waals surface area contributed by atoms with E-state index in [1.54, 1.807) is 0 Å². The lowest BCUT2D eigenvalue weighted by molar-refractivity contribution is -0.144. The first-order valence-corrected chi connectivity index (χ1v) is 9.66. The number of methoxy groups -OCH3 is 2. The Bertz CT molecular complexity index is 1060. The minimum Gasteiger partial charge on any atom is -0.469 e. The summed E-state index contributed by atoms with van der Waals surface area (Å²) in [7, 11) is 2.11. The van der Waals surface area contributed by atoms with E-state index in [0.717, 1.165) is 44.8 Å². The molecule has 0 saturated carbocycles. The molecular weight excluding hydrogens is 466 g/mol. The summed E-state index contributed by atoms with van der Waals surface area (Å²) in [6.07, 6.45) is -5.49. The van der Waals surface area contributed by atoms with Crippen LogP contribution in [0.5, 0.6) is 0 Å². The number of ether oxygens (including phenoxy) is 2. The summed E-state index contributed by atoms with van der Waals surface area (Å²) >= 11 is 0. The molecule has 34 heavy (non-hydrogen) atoms. The lowest BCUT2D eigenvalue weighted by atomic mass is 10.1. The predicted octanol–water partition coefficient (Wildman–Crippen LogP) is 3.07. The highest BCUT2D eigenvalue weighted by Crippen LogP contribution is 2.37. The standard InChI is InChI=1S/C21H19F4N3O6/c1-33-18(31)7-5-16(29)28(17(30)6-8-19(32)34-2)15-4-3-14(27-20(15)21(23,24)25)12-9-13(22)11-26-10-12/h3-4,9-11H,5-8H2,1-2H3. The number of carbonyl (C=O) groups excluding carboxylic acids is 4. The first kappa shape index (κ1) is 26.4. The Hall–Kier alpha value is -3.90. The third kappa shape index (κ3) is 6.80. The van der Waals surface area contributed by atoms with Crippen LogP contribution < -0.4 is 4.90 Å². The first-order chi connectivity index (χ1) is 16.0. The fourth-order valence-corrected chi connectivity index (χ4v) is 2.81. The van der Waals surface area contributed by atoms with Gasteiger partial charge in [0, 0.05) is 24.6 Å². The number of hydrogen-bond acceptors (Lipinski definition) is 8. The molecule has 2 heterocycles. The van der Waals surface area contributed by atoms with Crippen molar-refractivity contribution in [1.82, 2.24) is 9.97 Å². The van der Waals surface area contributed by atoms with Crippen LogP contribution in [0.15, 0.2) is 30.6 Å². The van der Waals surface area contributed by atoms with Gasteiger partial charge in [-0.2, -0.15) is 13.2 Å². The number of anilines is 1. The van der Waals surface area contributed by atoms with E-state index < -0.39 is 72.8 Å². The van der Waals surface area contributed by atoms with E-state index in [2.05, 4.69) is 19.4 Å². The molecule has 0 unspecified atom stereocenters. The van der Waals surface area contributed by atoms with Gasteiger partial charge in [0.15, 0.2) is 5.69 Å². The topological polar surface area (TPSA) is 116 Å². The number of imide groups is 1. The van der Waals surface area contributed by atoms with Crippen LogP contribution >= 0.6 is 0 Å². The second-order valence-electron chi connectivity index (χ2n) is 6.73. The average molecular weight is 485 g/mol. The van der Waals surface area contributed by atoms with Gasteiger partial charge in [-0.05, 0) is 18.2 Å². The summed E-state index contributed by atoms with van der Waals surface area (Å²) < 4.78 is 64.0. The maximum absolute atomic E-state index is 13.9. The van der Waals surface area contributed by atoms with Crippen molar-refractivity contribution in [1.29, 1.82) is 0 Å². The summed E-state index contributed by atoms with van der Waals surface area (Å²) in [6.45, 7) is 0. The molecule has 182 valence electrons. The molecule has 0 aliphatic heterocycles. The van der Waals surface area contributed by atoms with Crippen LogP contribution in [-0.4, -0.2) is 47.9 Å². The van der Waals surface area contributed by atoms with E-state index in [1.807, 2.05) is 0 Å². The van der Waals surface area contributed by atoms with Crippen molar-refractivity contribution in [3.05, 3.63) is 42.1 Å². The summed E-state index contributed by atoms with van der Waals surface area (Å²) in [5.41, 5.74) is -2.90. The normalized spacial score (nSPS) is 11.0. The molecule has 0 aliphatic carbocycles. The van der Waals surface area contributed by atoms with Gasteiger partial charge in [0.05, 0.1) is 44.6 Å². The number of halogens is 4. The molecule has 0 aromatic carbocycles. The number of hydrogen-bond donors (Lipinski definition) is 0. The molecule has 0 atom stereocenters. The van der Waals surface area contributed by atoms with Gasteiger partial charge in [-0.1, -0.05) is 0 Å². The maximum atomic E-state index is 13.9. The summed E-state index contributed by atoms with van der Waals surface area (Å²) in [4.78, 5) is 55.5. The van der Waals surface area contributed by atoms with E-state index in [4.69, 9.17) is 0 Å². The second kappa shape index (κ2) is 11.3. The van der Waals surface area contributed by atoms with Gasteiger partial charge in [-0.3, -0.25) is 24.2 Å². The van der Waals surface area contributed by atoms with Crippen LogP contribution in [0.4, 0.5) is 23.2 Å².